The summed E-state index contributed by atoms with van der Waals surface area (Å²) in [6, 6.07) is 29.4. The maximum atomic E-state index is 9.87. The van der Waals surface area contributed by atoms with E-state index in [1.54, 1.807) is 0 Å². The molecular weight excluding hydrogens is 473 g/mol. The van der Waals surface area contributed by atoms with Gasteiger partial charge in [-0.25, -0.2) is 4.42 Å². The molecule has 0 unspecified atom stereocenters. The molecule has 34 heavy (non-hydrogen) atoms. The Hall–Kier alpha value is -3.18. The van der Waals surface area contributed by atoms with Crippen molar-refractivity contribution in [2.45, 2.75) is 20.8 Å². The van der Waals surface area contributed by atoms with Crippen molar-refractivity contribution < 1.29 is 29.6 Å². The normalized spacial score (nSPS) is 13.3. The van der Waals surface area contributed by atoms with Crippen molar-refractivity contribution in [2.24, 2.45) is 0 Å². The molecule has 180 valence electrons. The molecule has 4 rings (SSSR count). The van der Waals surface area contributed by atoms with Crippen LogP contribution in [0.3, 0.4) is 0 Å². The van der Waals surface area contributed by atoms with Gasteiger partial charge in [0.2, 0.25) is 0 Å². The summed E-state index contributed by atoms with van der Waals surface area (Å²) >= 11 is 0. The Bertz CT molecular complexity index is 1210. The van der Waals surface area contributed by atoms with Gasteiger partial charge in [-0.05, 0) is 61.7 Å². The zero-order valence-electron chi connectivity index (χ0n) is 18.7. The number of hydrogen-bond donors (Lipinski definition) is 0. The van der Waals surface area contributed by atoms with Gasteiger partial charge in [0.25, 0.3) is 0 Å². The van der Waals surface area contributed by atoms with Crippen molar-refractivity contribution >= 4 is 7.81 Å². The van der Waals surface area contributed by atoms with Crippen molar-refractivity contribution in [1.82, 2.24) is 0 Å². The first-order chi connectivity index (χ1) is 15.6. The van der Waals surface area contributed by atoms with Gasteiger partial charge in [0.15, 0.2) is 0 Å². The van der Waals surface area contributed by atoms with Gasteiger partial charge in [-0.15, -0.1) is 0 Å². The Balaban J connectivity index is 0.000000406. The van der Waals surface area contributed by atoms with Crippen LogP contribution >= 0.6 is 7.81 Å². The Morgan fingerprint density at radius 2 is 0.882 bits per heavy atom. The number of aryl methyl sites for hydroxylation is 3. The maximum absolute atomic E-state index is 10.7. The number of rotatable bonds is 3. The van der Waals surface area contributed by atoms with Gasteiger partial charge in [0.1, 0.15) is 0 Å². The molecule has 4 aromatic rings. The Labute approximate surface area is 193 Å². The molecule has 0 fully saturated rings. The molecule has 0 N–H and O–H groups in total. The van der Waals surface area contributed by atoms with Crippen LogP contribution < -0.4 is 0 Å². The molecule has 0 atom stereocenters. The van der Waals surface area contributed by atoms with E-state index in [4.69, 9.17) is 4.42 Å². The minimum absolute atomic E-state index is 0.881. The molecule has 0 aliphatic heterocycles. The summed E-state index contributed by atoms with van der Waals surface area (Å²) in [5, 5.41) is 0. The van der Waals surface area contributed by atoms with E-state index >= 15 is 0 Å². The predicted molar refractivity (Wildman–Crippen MR) is 127 cm³/mol. The second-order valence-electron chi connectivity index (χ2n) is 8.04. The second kappa shape index (κ2) is 8.55. The van der Waals surface area contributed by atoms with E-state index < -0.39 is 7.81 Å². The van der Waals surface area contributed by atoms with Gasteiger partial charge in [-0.1, -0.05) is 54.1 Å². The summed E-state index contributed by atoms with van der Waals surface area (Å²) in [5.41, 5.74) is 8.51. The molecule has 0 amide bonds. The standard InChI is InChI=1S/C26H23O.F6P/c1-18-14-19(2)26(20(3)15-18)23-16-24(21-10-6-4-7-11-21)27-25(17-23)22-12-8-5-9-13-22;1-7(2,3,4,5)6/h4-17H,1-3H3;/q+1;-1. The van der Waals surface area contributed by atoms with Crippen molar-refractivity contribution in [1.29, 1.82) is 0 Å². The third-order valence-electron chi connectivity index (χ3n) is 4.88. The summed E-state index contributed by atoms with van der Waals surface area (Å²) in [7, 11) is -10.7. The number of benzene rings is 3. The van der Waals surface area contributed by atoms with Gasteiger partial charge >= 0.3 is 44.5 Å². The van der Waals surface area contributed by atoms with Gasteiger partial charge in [-0.2, -0.15) is 0 Å². The van der Waals surface area contributed by atoms with Gasteiger partial charge < -0.3 is 0 Å². The molecule has 1 nitrogen and oxygen atoms in total. The third-order valence-corrected chi connectivity index (χ3v) is 4.88. The van der Waals surface area contributed by atoms with Crippen LogP contribution in [0.2, 0.25) is 0 Å². The monoisotopic (exact) mass is 496 g/mol. The summed E-state index contributed by atoms with van der Waals surface area (Å²) in [5.74, 6) is 1.76. The second-order valence-corrected chi connectivity index (χ2v) is 9.96. The summed E-state index contributed by atoms with van der Waals surface area (Å²) in [6.07, 6.45) is 0. The number of halogens is 6. The van der Waals surface area contributed by atoms with Gasteiger partial charge in [0, 0.05) is 5.56 Å². The first-order valence-electron chi connectivity index (χ1n) is 10.3. The Kier molecular flexibility index (Phi) is 6.40. The van der Waals surface area contributed by atoms with E-state index in [9.17, 15) is 25.2 Å². The SMILES string of the molecule is Cc1cc(C)c(-c2cc(-c3ccccc3)[o+]c(-c3ccccc3)c2)c(C)c1.F[P-](F)(F)(F)(F)F. The zero-order valence-corrected chi connectivity index (χ0v) is 19.6. The van der Waals surface area contributed by atoms with Crippen LogP contribution in [-0.2, 0) is 0 Å². The fourth-order valence-corrected chi connectivity index (χ4v) is 3.77. The van der Waals surface area contributed by atoms with Crippen LogP contribution in [0.15, 0.2) is 89.3 Å². The minimum atomic E-state index is -10.7. The van der Waals surface area contributed by atoms with Crippen LogP contribution in [0.4, 0.5) is 25.2 Å². The third kappa shape index (κ3) is 7.99. The summed E-state index contributed by atoms with van der Waals surface area (Å²) < 4.78 is 65.5. The molecule has 1 heterocycles. The molecule has 1 aromatic heterocycles. The van der Waals surface area contributed by atoms with Crippen molar-refractivity contribution in [3.63, 3.8) is 0 Å². The van der Waals surface area contributed by atoms with Crippen molar-refractivity contribution in [3.05, 3.63) is 102 Å². The van der Waals surface area contributed by atoms with E-state index in [0.29, 0.717) is 0 Å². The first-order valence-corrected chi connectivity index (χ1v) is 12.3. The topological polar surface area (TPSA) is 11.3 Å². The van der Waals surface area contributed by atoms with E-state index in [1.807, 2.05) is 36.4 Å². The quantitative estimate of drug-likeness (QED) is 0.156. The summed E-state index contributed by atoms with van der Waals surface area (Å²) in [4.78, 5) is 0. The molecule has 0 saturated carbocycles. The van der Waals surface area contributed by atoms with Crippen LogP contribution in [0, 0.1) is 20.8 Å². The average Bonchev–Trinajstić information content (AvgIpc) is 2.72. The molecule has 0 spiro atoms. The van der Waals surface area contributed by atoms with Gasteiger partial charge in [-0.3, -0.25) is 0 Å². The molecule has 0 aliphatic rings. The van der Waals surface area contributed by atoms with Gasteiger partial charge in [0.05, 0.1) is 23.3 Å². The first kappa shape index (κ1) is 25.4. The van der Waals surface area contributed by atoms with Crippen LogP contribution in [0.5, 0.6) is 0 Å². The molecule has 0 bridgehead atoms. The molecule has 0 aliphatic carbocycles. The molecular formula is C26H23F6OP. The van der Waals surface area contributed by atoms with Crippen LogP contribution in [0.1, 0.15) is 16.7 Å². The van der Waals surface area contributed by atoms with E-state index in [2.05, 4.69) is 69.3 Å². The van der Waals surface area contributed by atoms with Crippen LogP contribution in [0.25, 0.3) is 33.8 Å². The van der Waals surface area contributed by atoms with Crippen molar-refractivity contribution in [3.8, 4) is 33.8 Å². The molecule has 3 aromatic carbocycles. The number of hydrogen-bond acceptors (Lipinski definition) is 0. The van der Waals surface area contributed by atoms with Crippen molar-refractivity contribution in [2.75, 3.05) is 0 Å². The predicted octanol–water partition coefficient (Wildman–Crippen LogP) is 10.9. The zero-order chi connectivity index (χ0) is 25.2. The molecule has 0 saturated heterocycles. The average molecular weight is 496 g/mol. The molecule has 8 heteroatoms. The fourth-order valence-electron chi connectivity index (χ4n) is 3.77. The summed E-state index contributed by atoms with van der Waals surface area (Å²) in [6.45, 7) is 6.52. The Morgan fingerprint density at radius 3 is 1.24 bits per heavy atom. The Morgan fingerprint density at radius 1 is 0.529 bits per heavy atom. The van der Waals surface area contributed by atoms with E-state index in [0.717, 1.165) is 22.6 Å². The fraction of sp³-hybridized carbons (Fsp3) is 0.115. The van der Waals surface area contributed by atoms with E-state index in [1.165, 1.54) is 27.8 Å². The molecule has 0 radical (unpaired) electrons. The van der Waals surface area contributed by atoms with Crippen LogP contribution in [-0.4, -0.2) is 0 Å². The van der Waals surface area contributed by atoms with E-state index in [-0.39, 0.29) is 0 Å².